The maximum Gasteiger partial charge on any atom is 0.170 e. The smallest absolute Gasteiger partial charge is 0.170 e. The molecule has 0 aromatic rings. The molecule has 172 valence electrons. The monoisotopic (exact) mass is 429 g/mol. The van der Waals surface area contributed by atoms with Crippen molar-refractivity contribution in [2.24, 2.45) is 34.5 Å². The lowest BCUT2D eigenvalue weighted by atomic mass is 9.45. The van der Waals surface area contributed by atoms with Gasteiger partial charge in [-0.3, -0.25) is 9.69 Å². The summed E-state index contributed by atoms with van der Waals surface area (Å²) in [6.07, 6.45) is 11.7. The second-order valence-electron chi connectivity index (χ2n) is 12.5. The van der Waals surface area contributed by atoms with E-state index in [0.29, 0.717) is 29.3 Å². The van der Waals surface area contributed by atoms with Crippen LogP contribution in [0.1, 0.15) is 71.6 Å². The van der Waals surface area contributed by atoms with E-state index in [2.05, 4.69) is 18.7 Å². The number of Topliss-reactive ketones (excluding diaryl/α,β-unsaturated/α-hetero) is 1. The van der Waals surface area contributed by atoms with Crippen LogP contribution in [0, 0.1) is 34.5 Å². The normalized spacial score (nSPS) is 55.4. The van der Waals surface area contributed by atoms with Crippen molar-refractivity contribution in [3.63, 3.8) is 0 Å². The van der Waals surface area contributed by atoms with E-state index >= 15 is 0 Å². The van der Waals surface area contributed by atoms with Gasteiger partial charge in [0, 0.05) is 31.3 Å². The molecule has 0 aromatic carbocycles. The summed E-state index contributed by atoms with van der Waals surface area (Å²) in [5, 5.41) is 0. The lowest BCUT2D eigenvalue weighted by Gasteiger charge is -2.58. The molecular weight excluding hydrogens is 390 g/mol. The molecule has 9 atom stereocenters. The second kappa shape index (κ2) is 6.55. The third-order valence-electron chi connectivity index (χ3n) is 11.5. The number of likely N-dealkylation sites (tertiary alicyclic amines) is 1. The van der Waals surface area contributed by atoms with E-state index in [4.69, 9.17) is 14.2 Å². The van der Waals surface area contributed by atoms with Gasteiger partial charge in [-0.05, 0) is 74.0 Å². The summed E-state index contributed by atoms with van der Waals surface area (Å²) < 4.78 is 17.9. The van der Waals surface area contributed by atoms with E-state index in [1.165, 1.54) is 32.1 Å². The van der Waals surface area contributed by atoms with Crippen LogP contribution in [0.25, 0.3) is 0 Å². The Morgan fingerprint density at radius 2 is 1.68 bits per heavy atom. The van der Waals surface area contributed by atoms with Gasteiger partial charge in [-0.15, -0.1) is 0 Å². The van der Waals surface area contributed by atoms with Crippen LogP contribution in [0.2, 0.25) is 0 Å². The molecule has 0 bridgehead atoms. The number of nitrogens with zero attached hydrogens (tertiary/aromatic N) is 1. The molecule has 0 amide bonds. The first-order chi connectivity index (χ1) is 14.9. The average molecular weight is 430 g/mol. The number of hydrogen-bond acceptors (Lipinski definition) is 5. The number of piperidine rings is 1. The van der Waals surface area contributed by atoms with Gasteiger partial charge in [-0.2, -0.15) is 0 Å². The van der Waals surface area contributed by atoms with Crippen molar-refractivity contribution in [3.8, 4) is 0 Å². The van der Waals surface area contributed by atoms with Gasteiger partial charge in [0.1, 0.15) is 0 Å². The Bertz CT molecular complexity index is 769. The molecule has 0 unspecified atom stereocenters. The van der Waals surface area contributed by atoms with Gasteiger partial charge in [0.25, 0.3) is 0 Å². The lowest BCUT2D eigenvalue weighted by Crippen LogP contribution is -2.54. The molecule has 0 aromatic heterocycles. The summed E-state index contributed by atoms with van der Waals surface area (Å²) in [7, 11) is 0. The van der Waals surface area contributed by atoms with Crippen LogP contribution in [0.15, 0.2) is 0 Å². The van der Waals surface area contributed by atoms with E-state index in [0.717, 1.165) is 69.7 Å². The van der Waals surface area contributed by atoms with Crippen molar-refractivity contribution in [1.29, 1.82) is 0 Å². The third kappa shape index (κ3) is 2.73. The van der Waals surface area contributed by atoms with Crippen molar-refractivity contribution in [2.75, 3.05) is 26.3 Å². The van der Waals surface area contributed by atoms with Gasteiger partial charge >= 0.3 is 0 Å². The molecule has 0 radical (unpaired) electrons. The Hall–Kier alpha value is -0.490. The van der Waals surface area contributed by atoms with Crippen molar-refractivity contribution in [1.82, 2.24) is 4.90 Å². The van der Waals surface area contributed by atoms with Crippen LogP contribution >= 0.6 is 0 Å². The average Bonchev–Trinajstić information content (AvgIpc) is 3.25. The highest BCUT2D eigenvalue weighted by Gasteiger charge is 2.65. The SMILES string of the molecule is C[C@]12C[C@H]3O[C@H]3C[C@@H]1CC[C@@H]1[C@@H]2CC[C@]2(C)C(=O)[C@@H](N3CCC4(CC3)OCCO4)C[C@@H]12. The van der Waals surface area contributed by atoms with Crippen LogP contribution in [0.5, 0.6) is 0 Å². The maximum absolute atomic E-state index is 13.8. The lowest BCUT2D eigenvalue weighted by molar-refractivity contribution is -0.188. The van der Waals surface area contributed by atoms with Crippen LogP contribution < -0.4 is 0 Å². The Labute approximate surface area is 186 Å². The van der Waals surface area contributed by atoms with E-state index in [-0.39, 0.29) is 17.2 Å². The minimum Gasteiger partial charge on any atom is -0.370 e. The number of ketones is 1. The second-order valence-corrected chi connectivity index (χ2v) is 12.5. The first kappa shape index (κ1) is 19.9. The number of carbonyl (C=O) groups excluding carboxylic acids is 1. The predicted octanol–water partition coefficient (Wildman–Crippen LogP) is 3.79. The van der Waals surface area contributed by atoms with E-state index in [1.54, 1.807) is 0 Å². The fourth-order valence-electron chi connectivity index (χ4n) is 9.59. The largest absolute Gasteiger partial charge is 0.370 e. The van der Waals surface area contributed by atoms with E-state index < -0.39 is 0 Å². The molecule has 5 nitrogen and oxygen atoms in total. The zero-order valence-corrected chi connectivity index (χ0v) is 19.3. The third-order valence-corrected chi connectivity index (χ3v) is 11.5. The summed E-state index contributed by atoms with van der Waals surface area (Å²) >= 11 is 0. The first-order valence-corrected chi connectivity index (χ1v) is 13.1. The minimum atomic E-state index is -0.351. The molecule has 7 fully saturated rings. The molecule has 3 heterocycles. The number of ether oxygens (including phenoxy) is 3. The molecule has 1 spiro atoms. The standard InChI is InChI=1S/C26H39NO4/c1-24-6-5-18-17(4-3-16-13-21-22(31-21)15-25(16,18)2)19(24)14-20(23(24)28)27-9-7-26(8-10-27)29-11-12-30-26/h16-22H,3-15H2,1-2H3/t16-,17+,18-,19-,20-,21-,22+,24-,25-/m0/s1. The summed E-state index contributed by atoms with van der Waals surface area (Å²) in [6, 6.07) is 0.125. The molecule has 4 saturated carbocycles. The minimum absolute atomic E-state index is 0.0994. The Balaban J connectivity index is 1.11. The quantitative estimate of drug-likeness (QED) is 0.594. The summed E-state index contributed by atoms with van der Waals surface area (Å²) in [6.45, 7) is 8.24. The van der Waals surface area contributed by atoms with Crippen molar-refractivity contribution >= 4 is 5.78 Å². The van der Waals surface area contributed by atoms with Gasteiger partial charge in [0.05, 0.1) is 31.5 Å². The van der Waals surface area contributed by atoms with Crippen LogP contribution in [0.4, 0.5) is 0 Å². The van der Waals surface area contributed by atoms with Crippen LogP contribution in [-0.2, 0) is 19.0 Å². The highest BCUT2D eigenvalue weighted by molar-refractivity contribution is 5.92. The van der Waals surface area contributed by atoms with Crippen molar-refractivity contribution < 1.29 is 19.0 Å². The fourth-order valence-corrected chi connectivity index (χ4v) is 9.59. The number of rotatable bonds is 1. The number of carbonyl (C=O) groups is 1. The fraction of sp³-hybridized carbons (Fsp3) is 0.962. The summed E-state index contributed by atoms with van der Waals surface area (Å²) in [5.74, 6) is 3.17. The number of hydrogen-bond donors (Lipinski definition) is 0. The Morgan fingerprint density at radius 3 is 2.45 bits per heavy atom. The van der Waals surface area contributed by atoms with E-state index in [9.17, 15) is 4.79 Å². The van der Waals surface area contributed by atoms with E-state index in [1.807, 2.05) is 0 Å². The first-order valence-electron chi connectivity index (χ1n) is 13.1. The molecule has 0 N–H and O–H groups in total. The summed E-state index contributed by atoms with van der Waals surface area (Å²) in [4.78, 5) is 16.3. The highest BCUT2D eigenvalue weighted by Crippen LogP contribution is 2.67. The molecule has 7 rings (SSSR count). The van der Waals surface area contributed by atoms with Crippen molar-refractivity contribution in [3.05, 3.63) is 0 Å². The van der Waals surface area contributed by atoms with Gasteiger partial charge < -0.3 is 14.2 Å². The van der Waals surface area contributed by atoms with Gasteiger partial charge in [-0.1, -0.05) is 13.8 Å². The number of epoxide rings is 1. The molecule has 3 aliphatic heterocycles. The molecule has 4 aliphatic carbocycles. The summed E-state index contributed by atoms with van der Waals surface area (Å²) in [5.41, 5.74) is 0.343. The van der Waals surface area contributed by atoms with Gasteiger partial charge in [0.2, 0.25) is 0 Å². The Morgan fingerprint density at radius 1 is 0.903 bits per heavy atom. The number of fused-ring (bicyclic) bond motifs is 6. The highest BCUT2D eigenvalue weighted by atomic mass is 16.7. The predicted molar refractivity (Wildman–Crippen MR) is 115 cm³/mol. The zero-order chi connectivity index (χ0) is 21.0. The topological polar surface area (TPSA) is 51.3 Å². The molecule has 5 heteroatoms. The molecule has 3 saturated heterocycles. The molecular formula is C26H39NO4. The zero-order valence-electron chi connectivity index (χ0n) is 19.3. The van der Waals surface area contributed by atoms with Crippen LogP contribution in [-0.4, -0.2) is 61.0 Å². The maximum atomic E-state index is 13.8. The molecule has 7 aliphatic rings. The van der Waals surface area contributed by atoms with Crippen molar-refractivity contribution in [2.45, 2.75) is 95.7 Å². The van der Waals surface area contributed by atoms with Gasteiger partial charge in [0.15, 0.2) is 11.6 Å². The molecule has 31 heavy (non-hydrogen) atoms. The van der Waals surface area contributed by atoms with Crippen LogP contribution in [0.3, 0.4) is 0 Å². The Kier molecular flexibility index (Phi) is 4.21. The van der Waals surface area contributed by atoms with Gasteiger partial charge in [-0.25, -0.2) is 0 Å².